The number of nitrogens with one attached hydrogen (secondary N) is 2. The summed E-state index contributed by atoms with van der Waals surface area (Å²) >= 11 is 0. The second-order valence-electron chi connectivity index (χ2n) is 7.31. The van der Waals surface area contributed by atoms with Crippen LogP contribution in [-0.4, -0.2) is 57.4 Å². The average Bonchev–Trinajstić information content (AvgIpc) is 3.30. The number of nitrogens with zero attached hydrogens (tertiary/aromatic N) is 5. The number of allylic oxidation sites excluding steroid dienone is 2. The van der Waals surface area contributed by atoms with Crippen molar-refractivity contribution in [3.63, 3.8) is 0 Å². The fourth-order valence-electron chi connectivity index (χ4n) is 3.43. The van der Waals surface area contributed by atoms with Crippen LogP contribution in [-0.2, 0) is 0 Å². The zero-order valence-corrected chi connectivity index (χ0v) is 16.8. The van der Waals surface area contributed by atoms with Crippen LogP contribution in [0.25, 0.3) is 38.9 Å². The average molecular weight is 385 g/mol. The molecule has 0 saturated carbocycles. The van der Waals surface area contributed by atoms with Gasteiger partial charge in [0.2, 0.25) is 0 Å². The molecule has 4 heterocycles. The van der Waals surface area contributed by atoms with Gasteiger partial charge in [-0.1, -0.05) is 11.6 Å². The Hall–Kier alpha value is -3.58. The Kier molecular flexibility index (Phi) is 5.05. The highest BCUT2D eigenvalue weighted by atomic mass is 15.1. The number of likely N-dealkylation sites (N-methyl/N-ethyl adjacent to an activating group) is 1. The lowest BCUT2D eigenvalue weighted by molar-refractivity contribution is 0.445. The van der Waals surface area contributed by atoms with E-state index in [-0.39, 0.29) is 0 Å². The van der Waals surface area contributed by atoms with Gasteiger partial charge in [0, 0.05) is 41.6 Å². The van der Waals surface area contributed by atoms with Crippen LogP contribution in [0.5, 0.6) is 0 Å². The number of fused-ring (bicyclic) bond motifs is 2. The van der Waals surface area contributed by atoms with Gasteiger partial charge in [-0.05, 0) is 52.0 Å². The van der Waals surface area contributed by atoms with Crippen molar-refractivity contribution in [2.75, 3.05) is 20.6 Å². The molecule has 0 spiro atoms. The van der Waals surface area contributed by atoms with Crippen LogP contribution in [0, 0.1) is 0 Å². The zero-order valence-electron chi connectivity index (χ0n) is 16.8. The van der Waals surface area contributed by atoms with Crippen molar-refractivity contribution < 1.29 is 0 Å². The monoisotopic (exact) mass is 385 g/mol. The molecule has 29 heavy (non-hydrogen) atoms. The molecule has 0 aliphatic carbocycles. The van der Waals surface area contributed by atoms with Gasteiger partial charge in [0.15, 0.2) is 0 Å². The Balaban J connectivity index is 1.79. The summed E-state index contributed by atoms with van der Waals surface area (Å²) < 4.78 is 0. The first kappa shape index (κ1) is 18.8. The SMILES string of the molecule is C=N/C=C(\C=C(/C)CN(C)C)c1ccc2[nH]nc(-c3cc4cnccc4[nH]3)c2n1. The number of pyridine rings is 2. The quantitative estimate of drug-likeness (QED) is 0.387. The lowest BCUT2D eigenvalue weighted by Gasteiger charge is -2.10. The van der Waals surface area contributed by atoms with Crippen molar-refractivity contribution in [2.45, 2.75) is 6.92 Å². The fraction of sp³-hybridized carbons (Fsp3) is 0.182. The molecule has 4 rings (SSSR count). The van der Waals surface area contributed by atoms with E-state index in [1.165, 1.54) is 5.57 Å². The topological polar surface area (TPSA) is 85.9 Å². The lowest BCUT2D eigenvalue weighted by Crippen LogP contribution is -2.13. The molecule has 0 atom stereocenters. The van der Waals surface area contributed by atoms with Crippen LogP contribution in [0.15, 0.2) is 59.5 Å². The minimum Gasteiger partial charge on any atom is -0.353 e. The lowest BCUT2D eigenvalue weighted by atomic mass is 10.1. The zero-order chi connectivity index (χ0) is 20.4. The maximum atomic E-state index is 4.89. The van der Waals surface area contributed by atoms with E-state index in [9.17, 15) is 0 Å². The summed E-state index contributed by atoms with van der Waals surface area (Å²) in [5, 5.41) is 8.60. The molecule has 4 aromatic rings. The summed E-state index contributed by atoms with van der Waals surface area (Å²) in [7, 11) is 4.09. The van der Waals surface area contributed by atoms with E-state index < -0.39 is 0 Å². The standard InChI is InChI=1S/C22H23N7/c1-14(13-29(3)4)9-15(11-23-2)17-5-6-19-21(26-17)22(28-27-19)20-10-16-12-24-8-7-18(16)25-20/h5-12,25H,2,13H2,1,3-4H3,(H,27,28)/b14-9+,15-11+. The summed E-state index contributed by atoms with van der Waals surface area (Å²) in [6, 6.07) is 7.94. The molecule has 0 aromatic carbocycles. The molecule has 0 bridgehead atoms. The number of rotatable bonds is 6. The molecular formula is C22H23N7. The molecule has 0 radical (unpaired) electrons. The van der Waals surface area contributed by atoms with Crippen LogP contribution in [0.4, 0.5) is 0 Å². The van der Waals surface area contributed by atoms with Gasteiger partial charge in [-0.25, -0.2) is 4.98 Å². The van der Waals surface area contributed by atoms with Crippen LogP contribution in [0.3, 0.4) is 0 Å². The molecule has 146 valence electrons. The van der Waals surface area contributed by atoms with Crippen molar-refractivity contribution in [2.24, 2.45) is 4.99 Å². The van der Waals surface area contributed by atoms with E-state index in [1.807, 2.05) is 44.6 Å². The third-order valence-corrected chi connectivity index (χ3v) is 4.58. The first-order valence-corrected chi connectivity index (χ1v) is 9.31. The Morgan fingerprint density at radius 1 is 1.24 bits per heavy atom. The first-order valence-electron chi connectivity index (χ1n) is 9.31. The van der Waals surface area contributed by atoms with Gasteiger partial charge >= 0.3 is 0 Å². The van der Waals surface area contributed by atoms with Gasteiger partial charge in [0.25, 0.3) is 0 Å². The third-order valence-electron chi connectivity index (χ3n) is 4.58. The molecule has 0 amide bonds. The smallest absolute Gasteiger partial charge is 0.135 e. The summed E-state index contributed by atoms with van der Waals surface area (Å²) in [5.41, 5.74) is 7.31. The van der Waals surface area contributed by atoms with Crippen molar-refractivity contribution in [3.05, 3.63) is 60.2 Å². The Bertz CT molecular complexity index is 1210. The van der Waals surface area contributed by atoms with Gasteiger partial charge < -0.3 is 9.88 Å². The number of aromatic amines is 2. The Morgan fingerprint density at radius 3 is 2.86 bits per heavy atom. The minimum absolute atomic E-state index is 0.776. The second kappa shape index (κ2) is 7.81. The summed E-state index contributed by atoms with van der Waals surface area (Å²) in [6.45, 7) is 6.57. The van der Waals surface area contributed by atoms with E-state index in [1.54, 1.807) is 12.4 Å². The van der Waals surface area contributed by atoms with Gasteiger partial charge in [-0.15, -0.1) is 0 Å². The van der Waals surface area contributed by atoms with Gasteiger partial charge in [0.1, 0.15) is 11.2 Å². The normalized spacial score (nSPS) is 13.0. The molecule has 0 saturated heterocycles. The second-order valence-corrected chi connectivity index (χ2v) is 7.31. The number of hydrogen-bond donors (Lipinski definition) is 2. The summed E-state index contributed by atoms with van der Waals surface area (Å²) in [4.78, 5) is 18.6. The van der Waals surface area contributed by atoms with Gasteiger partial charge in [-0.2, -0.15) is 5.10 Å². The molecule has 0 fully saturated rings. The highest BCUT2D eigenvalue weighted by Gasteiger charge is 2.14. The molecular weight excluding hydrogens is 362 g/mol. The molecule has 0 aliphatic rings. The Labute approximate surface area is 168 Å². The summed E-state index contributed by atoms with van der Waals surface area (Å²) in [6.07, 6.45) is 7.43. The fourth-order valence-corrected chi connectivity index (χ4v) is 3.43. The molecule has 2 N–H and O–H groups in total. The predicted molar refractivity (Wildman–Crippen MR) is 119 cm³/mol. The van der Waals surface area contributed by atoms with Crippen LogP contribution < -0.4 is 0 Å². The molecule has 0 aliphatic heterocycles. The van der Waals surface area contributed by atoms with Crippen molar-refractivity contribution in [3.8, 4) is 11.4 Å². The Morgan fingerprint density at radius 2 is 2.10 bits per heavy atom. The van der Waals surface area contributed by atoms with Crippen LogP contribution in [0.2, 0.25) is 0 Å². The summed E-state index contributed by atoms with van der Waals surface area (Å²) in [5.74, 6) is 0. The van der Waals surface area contributed by atoms with Crippen LogP contribution >= 0.6 is 0 Å². The van der Waals surface area contributed by atoms with Crippen molar-refractivity contribution >= 4 is 34.2 Å². The van der Waals surface area contributed by atoms with Gasteiger partial charge in [-0.3, -0.25) is 15.1 Å². The molecule has 7 nitrogen and oxygen atoms in total. The van der Waals surface area contributed by atoms with E-state index in [2.05, 4.69) is 49.8 Å². The minimum atomic E-state index is 0.776. The third kappa shape index (κ3) is 3.86. The van der Waals surface area contributed by atoms with E-state index >= 15 is 0 Å². The first-order chi connectivity index (χ1) is 14.0. The van der Waals surface area contributed by atoms with E-state index in [0.29, 0.717) is 0 Å². The van der Waals surface area contributed by atoms with Gasteiger partial charge in [0.05, 0.1) is 16.9 Å². The van der Waals surface area contributed by atoms with Crippen LogP contribution in [0.1, 0.15) is 12.6 Å². The number of aromatic nitrogens is 5. The molecule has 7 heteroatoms. The molecule has 4 aromatic heterocycles. The van der Waals surface area contributed by atoms with E-state index in [0.717, 1.165) is 51.1 Å². The van der Waals surface area contributed by atoms with Crippen molar-refractivity contribution in [1.29, 1.82) is 0 Å². The molecule has 0 unspecified atom stereocenters. The number of hydrogen-bond acceptors (Lipinski definition) is 5. The van der Waals surface area contributed by atoms with Crippen molar-refractivity contribution in [1.82, 2.24) is 30.0 Å². The van der Waals surface area contributed by atoms with E-state index in [4.69, 9.17) is 4.98 Å². The number of aliphatic imine (C=N–C) groups is 1. The number of H-pyrrole nitrogens is 2. The maximum absolute atomic E-state index is 4.89. The highest BCUT2D eigenvalue weighted by Crippen LogP contribution is 2.28. The maximum Gasteiger partial charge on any atom is 0.135 e. The largest absolute Gasteiger partial charge is 0.353 e. The predicted octanol–water partition coefficient (Wildman–Crippen LogP) is 4.05. The highest BCUT2D eigenvalue weighted by molar-refractivity contribution is 5.94.